The summed E-state index contributed by atoms with van der Waals surface area (Å²) < 4.78 is 16.8. The number of nitrogens with zero attached hydrogens (tertiary/aromatic N) is 1. The van der Waals surface area contributed by atoms with Crippen molar-refractivity contribution in [3.05, 3.63) is 52.2 Å². The lowest BCUT2D eigenvalue weighted by atomic mass is 10.1. The molecule has 0 spiro atoms. The molecule has 6 heteroatoms. The number of hydrogen-bond acceptors (Lipinski definition) is 5. The molecule has 2 heterocycles. The van der Waals surface area contributed by atoms with Crippen molar-refractivity contribution in [2.24, 2.45) is 0 Å². The van der Waals surface area contributed by atoms with Gasteiger partial charge in [-0.3, -0.25) is 0 Å². The molecular weight excluding hydrogens is 338 g/mol. The molecule has 25 heavy (non-hydrogen) atoms. The average Bonchev–Trinajstić information content (AvgIpc) is 3.14. The van der Waals surface area contributed by atoms with Gasteiger partial charge in [-0.15, -0.1) is 11.3 Å². The minimum absolute atomic E-state index is 0.145. The summed E-state index contributed by atoms with van der Waals surface area (Å²) in [6, 6.07) is 12.2. The van der Waals surface area contributed by atoms with E-state index in [4.69, 9.17) is 14.2 Å². The summed E-state index contributed by atoms with van der Waals surface area (Å²) in [4.78, 5) is 14.8. The fourth-order valence-electron chi connectivity index (χ4n) is 2.78. The summed E-state index contributed by atoms with van der Waals surface area (Å²) in [5.41, 5.74) is 1.16. The third kappa shape index (κ3) is 4.96. The Hall–Kier alpha value is -2.05. The summed E-state index contributed by atoms with van der Waals surface area (Å²) >= 11 is 1.74. The zero-order valence-electron chi connectivity index (χ0n) is 14.3. The Bertz CT molecular complexity index is 674. The van der Waals surface area contributed by atoms with Gasteiger partial charge in [-0.1, -0.05) is 24.3 Å². The van der Waals surface area contributed by atoms with Crippen molar-refractivity contribution in [2.75, 3.05) is 32.9 Å². The van der Waals surface area contributed by atoms with Gasteiger partial charge in [0.1, 0.15) is 18.5 Å². The third-order valence-electron chi connectivity index (χ3n) is 4.01. The van der Waals surface area contributed by atoms with Gasteiger partial charge < -0.3 is 19.1 Å². The van der Waals surface area contributed by atoms with E-state index in [1.54, 1.807) is 16.2 Å². The number of carbonyl (C=O) groups excluding carboxylic acids is 1. The van der Waals surface area contributed by atoms with Crippen molar-refractivity contribution in [3.63, 3.8) is 0 Å². The minimum Gasteiger partial charge on any atom is -0.491 e. The van der Waals surface area contributed by atoms with E-state index in [0.717, 1.165) is 17.7 Å². The van der Waals surface area contributed by atoms with Crippen LogP contribution in [0.3, 0.4) is 0 Å². The van der Waals surface area contributed by atoms with Crippen molar-refractivity contribution in [1.82, 2.24) is 4.90 Å². The van der Waals surface area contributed by atoms with Crippen LogP contribution in [-0.2, 0) is 15.9 Å². The third-order valence-corrected chi connectivity index (χ3v) is 4.88. The van der Waals surface area contributed by atoms with Crippen LogP contribution in [0.5, 0.6) is 5.75 Å². The van der Waals surface area contributed by atoms with Crippen LogP contribution in [-0.4, -0.2) is 50.0 Å². The van der Waals surface area contributed by atoms with Crippen LogP contribution in [0.25, 0.3) is 0 Å². The highest BCUT2D eigenvalue weighted by molar-refractivity contribution is 7.09. The molecule has 5 nitrogen and oxygen atoms in total. The van der Waals surface area contributed by atoms with Crippen molar-refractivity contribution >= 4 is 17.4 Å². The van der Waals surface area contributed by atoms with Crippen LogP contribution in [0.15, 0.2) is 41.8 Å². The van der Waals surface area contributed by atoms with Crippen LogP contribution in [0.1, 0.15) is 17.4 Å². The van der Waals surface area contributed by atoms with Crippen LogP contribution in [0, 0.1) is 0 Å². The van der Waals surface area contributed by atoms with Crippen molar-refractivity contribution in [1.29, 1.82) is 0 Å². The molecule has 1 saturated heterocycles. The van der Waals surface area contributed by atoms with E-state index in [1.807, 2.05) is 25.1 Å². The van der Waals surface area contributed by atoms with E-state index < -0.39 is 0 Å². The molecule has 1 amide bonds. The first-order valence-electron chi connectivity index (χ1n) is 8.52. The highest BCUT2D eigenvalue weighted by atomic mass is 32.1. The molecule has 1 unspecified atom stereocenters. The molecule has 134 valence electrons. The standard InChI is InChI=1S/C19H23NO4S/c1-2-22-19(21)20-9-10-23-16(13-20)14-24-18-8-4-3-6-15(18)12-17-7-5-11-25-17/h3-8,11,16H,2,9-10,12-14H2,1H3. The van der Waals surface area contributed by atoms with E-state index in [-0.39, 0.29) is 12.2 Å². The number of carbonyl (C=O) groups is 1. The van der Waals surface area contributed by atoms with E-state index in [9.17, 15) is 4.79 Å². The zero-order chi connectivity index (χ0) is 17.5. The van der Waals surface area contributed by atoms with Gasteiger partial charge in [-0.05, 0) is 30.0 Å². The summed E-state index contributed by atoms with van der Waals surface area (Å²) in [6.45, 7) is 4.16. The van der Waals surface area contributed by atoms with Gasteiger partial charge >= 0.3 is 6.09 Å². The number of morpholine rings is 1. The van der Waals surface area contributed by atoms with Crippen LogP contribution in [0.2, 0.25) is 0 Å². The molecule has 1 aliphatic heterocycles. The Morgan fingerprint density at radius 2 is 2.20 bits per heavy atom. The molecule has 0 saturated carbocycles. The topological polar surface area (TPSA) is 48.0 Å². The largest absolute Gasteiger partial charge is 0.491 e. The van der Waals surface area contributed by atoms with Crippen molar-refractivity contribution in [3.8, 4) is 5.75 Å². The SMILES string of the molecule is CCOC(=O)N1CCOC(COc2ccccc2Cc2cccs2)C1. The number of amides is 1. The highest BCUT2D eigenvalue weighted by Gasteiger charge is 2.25. The lowest BCUT2D eigenvalue weighted by Crippen LogP contribution is -2.47. The summed E-state index contributed by atoms with van der Waals surface area (Å²) in [7, 11) is 0. The molecule has 1 fully saturated rings. The van der Waals surface area contributed by atoms with Gasteiger partial charge in [0.05, 0.1) is 19.8 Å². The number of thiophene rings is 1. The molecule has 0 N–H and O–H groups in total. The molecule has 0 bridgehead atoms. The molecule has 1 atom stereocenters. The fraction of sp³-hybridized carbons (Fsp3) is 0.421. The molecule has 1 aromatic heterocycles. The van der Waals surface area contributed by atoms with E-state index in [0.29, 0.717) is 32.9 Å². The lowest BCUT2D eigenvalue weighted by molar-refractivity contribution is -0.0448. The Balaban J connectivity index is 1.57. The van der Waals surface area contributed by atoms with Crippen molar-refractivity contribution < 1.29 is 19.0 Å². The normalized spacial score (nSPS) is 17.3. The van der Waals surface area contributed by atoms with Crippen LogP contribution in [0.4, 0.5) is 4.79 Å². The number of ether oxygens (including phenoxy) is 3. The van der Waals surface area contributed by atoms with E-state index in [1.165, 1.54) is 4.88 Å². The smallest absolute Gasteiger partial charge is 0.409 e. The Labute approximate surface area is 152 Å². The predicted molar refractivity (Wildman–Crippen MR) is 97.4 cm³/mol. The Kier molecular flexibility index (Phi) is 6.30. The zero-order valence-corrected chi connectivity index (χ0v) is 15.2. The van der Waals surface area contributed by atoms with E-state index in [2.05, 4.69) is 23.6 Å². The average molecular weight is 361 g/mol. The van der Waals surface area contributed by atoms with Gasteiger partial charge in [0.2, 0.25) is 0 Å². The van der Waals surface area contributed by atoms with E-state index >= 15 is 0 Å². The lowest BCUT2D eigenvalue weighted by Gasteiger charge is -2.32. The first-order valence-corrected chi connectivity index (χ1v) is 9.40. The van der Waals surface area contributed by atoms with Gasteiger partial charge in [-0.2, -0.15) is 0 Å². The minimum atomic E-state index is -0.283. The number of para-hydroxylation sites is 1. The van der Waals surface area contributed by atoms with Gasteiger partial charge in [0, 0.05) is 17.8 Å². The van der Waals surface area contributed by atoms with Crippen molar-refractivity contribution in [2.45, 2.75) is 19.4 Å². The van der Waals surface area contributed by atoms with Gasteiger partial charge in [-0.25, -0.2) is 4.79 Å². The molecule has 3 rings (SSSR count). The summed E-state index contributed by atoms with van der Waals surface area (Å²) in [5, 5.41) is 2.08. The second-order valence-electron chi connectivity index (χ2n) is 5.81. The molecule has 2 aromatic rings. The van der Waals surface area contributed by atoms with Gasteiger partial charge in [0.25, 0.3) is 0 Å². The maximum Gasteiger partial charge on any atom is 0.409 e. The van der Waals surface area contributed by atoms with Gasteiger partial charge in [0.15, 0.2) is 0 Å². The Morgan fingerprint density at radius 1 is 1.32 bits per heavy atom. The summed E-state index contributed by atoms with van der Waals surface area (Å²) in [6.07, 6.45) is 0.427. The fourth-order valence-corrected chi connectivity index (χ4v) is 3.50. The second-order valence-corrected chi connectivity index (χ2v) is 6.84. The first-order chi connectivity index (χ1) is 12.3. The maximum atomic E-state index is 11.9. The van der Waals surface area contributed by atoms with Crippen LogP contribution >= 0.6 is 11.3 Å². The second kappa shape index (κ2) is 8.87. The number of benzene rings is 1. The molecule has 1 aromatic carbocycles. The maximum absolute atomic E-state index is 11.9. The molecule has 1 aliphatic rings. The number of hydrogen-bond donors (Lipinski definition) is 0. The summed E-state index contributed by atoms with van der Waals surface area (Å²) in [5.74, 6) is 0.868. The predicted octanol–water partition coefficient (Wildman–Crippen LogP) is 3.58. The molecule has 0 radical (unpaired) electrons. The number of rotatable bonds is 6. The monoisotopic (exact) mass is 361 g/mol. The molecule has 0 aliphatic carbocycles. The molecular formula is C19H23NO4S. The Morgan fingerprint density at radius 3 is 3.00 bits per heavy atom. The highest BCUT2D eigenvalue weighted by Crippen LogP contribution is 2.24. The quantitative estimate of drug-likeness (QED) is 0.789. The van der Waals surface area contributed by atoms with Crippen LogP contribution < -0.4 is 4.74 Å². The first kappa shape index (κ1) is 17.8.